The van der Waals surface area contributed by atoms with E-state index in [0.717, 1.165) is 26.3 Å². The zero-order valence-electron chi connectivity index (χ0n) is 12.3. The van der Waals surface area contributed by atoms with Crippen LogP contribution in [0.2, 0.25) is 0 Å². The lowest BCUT2D eigenvalue weighted by molar-refractivity contribution is 0.0273. The van der Waals surface area contributed by atoms with Crippen molar-refractivity contribution in [2.45, 2.75) is 52.6 Å². The van der Waals surface area contributed by atoms with E-state index in [1.165, 1.54) is 12.8 Å². The van der Waals surface area contributed by atoms with Gasteiger partial charge in [-0.05, 0) is 38.8 Å². The van der Waals surface area contributed by atoms with Gasteiger partial charge < -0.3 is 15.0 Å². The Labute approximate surface area is 107 Å². The Morgan fingerprint density at radius 1 is 1.35 bits per heavy atom. The van der Waals surface area contributed by atoms with Gasteiger partial charge in [-0.15, -0.1) is 0 Å². The predicted octanol–water partition coefficient (Wildman–Crippen LogP) is 2.12. The number of hydrogen-bond acceptors (Lipinski definition) is 3. The van der Waals surface area contributed by atoms with Crippen molar-refractivity contribution in [3.63, 3.8) is 0 Å². The van der Waals surface area contributed by atoms with Crippen LogP contribution in [-0.2, 0) is 4.74 Å². The van der Waals surface area contributed by atoms with Gasteiger partial charge in [-0.3, -0.25) is 0 Å². The van der Waals surface area contributed by atoms with Crippen molar-refractivity contribution < 1.29 is 4.74 Å². The van der Waals surface area contributed by atoms with Gasteiger partial charge in [0.25, 0.3) is 0 Å². The minimum Gasteiger partial charge on any atom is -0.381 e. The number of ether oxygens (including phenoxy) is 1. The summed E-state index contributed by atoms with van der Waals surface area (Å²) in [6, 6.07) is 1.26. The molecule has 17 heavy (non-hydrogen) atoms. The van der Waals surface area contributed by atoms with Crippen molar-refractivity contribution in [1.29, 1.82) is 0 Å². The summed E-state index contributed by atoms with van der Waals surface area (Å²) < 4.78 is 5.43. The highest BCUT2D eigenvalue weighted by Gasteiger charge is 2.29. The van der Waals surface area contributed by atoms with Gasteiger partial charge in [-0.2, -0.15) is 0 Å². The third-order valence-corrected chi connectivity index (χ3v) is 4.15. The maximum atomic E-state index is 5.43. The average molecular weight is 242 g/mol. The molecule has 1 heterocycles. The highest BCUT2D eigenvalue weighted by molar-refractivity contribution is 4.85. The zero-order chi connectivity index (χ0) is 12.9. The molecule has 3 heteroatoms. The van der Waals surface area contributed by atoms with Gasteiger partial charge in [0, 0.05) is 31.8 Å². The van der Waals surface area contributed by atoms with Crippen molar-refractivity contribution in [1.82, 2.24) is 10.2 Å². The summed E-state index contributed by atoms with van der Waals surface area (Å²) in [5.74, 6) is 0. The Balaban J connectivity index is 2.44. The number of hydrogen-bond donors (Lipinski definition) is 1. The molecule has 1 unspecified atom stereocenters. The summed E-state index contributed by atoms with van der Waals surface area (Å²) in [5.41, 5.74) is 0.309. The average Bonchev–Trinajstić information content (AvgIpc) is 2.30. The molecule has 1 atom stereocenters. The van der Waals surface area contributed by atoms with E-state index in [9.17, 15) is 0 Å². The van der Waals surface area contributed by atoms with Gasteiger partial charge in [0.05, 0.1) is 0 Å². The lowest BCUT2D eigenvalue weighted by Crippen LogP contribution is -2.49. The quantitative estimate of drug-likeness (QED) is 0.772. The van der Waals surface area contributed by atoms with Crippen LogP contribution in [0.25, 0.3) is 0 Å². The predicted molar refractivity (Wildman–Crippen MR) is 73.4 cm³/mol. The summed E-state index contributed by atoms with van der Waals surface area (Å²) in [6.07, 6.45) is 2.37. The fourth-order valence-electron chi connectivity index (χ4n) is 2.62. The van der Waals surface area contributed by atoms with Crippen LogP contribution in [0.4, 0.5) is 0 Å². The van der Waals surface area contributed by atoms with Crippen LogP contribution in [0.3, 0.4) is 0 Å². The Bertz CT molecular complexity index is 212. The Hall–Kier alpha value is -0.120. The van der Waals surface area contributed by atoms with Crippen LogP contribution in [0.1, 0.15) is 40.5 Å². The number of nitrogens with one attached hydrogen (secondary N) is 1. The molecule has 1 rings (SSSR count). The third-order valence-electron chi connectivity index (χ3n) is 4.15. The van der Waals surface area contributed by atoms with Crippen molar-refractivity contribution in [3.05, 3.63) is 0 Å². The van der Waals surface area contributed by atoms with E-state index >= 15 is 0 Å². The Kier molecular flexibility index (Phi) is 5.90. The molecule has 0 bridgehead atoms. The standard InChI is InChI=1S/C14H30N2O/c1-6-15-12(2)14(3,4)11-16(5)13-7-9-17-10-8-13/h12-13,15H,6-11H2,1-5H3. The second-order valence-corrected chi connectivity index (χ2v) is 6.03. The SMILES string of the molecule is CCNC(C)C(C)(C)CN(C)C1CCOCC1. The van der Waals surface area contributed by atoms with Gasteiger partial charge in [0.15, 0.2) is 0 Å². The van der Waals surface area contributed by atoms with Gasteiger partial charge in [-0.25, -0.2) is 0 Å². The second kappa shape index (κ2) is 6.72. The first-order chi connectivity index (χ1) is 7.97. The number of nitrogens with zero attached hydrogens (tertiary/aromatic N) is 1. The Morgan fingerprint density at radius 3 is 2.47 bits per heavy atom. The molecule has 1 aliphatic heterocycles. The molecule has 1 N–H and O–H groups in total. The maximum Gasteiger partial charge on any atom is 0.0480 e. The molecule has 0 aromatic rings. The summed E-state index contributed by atoms with van der Waals surface area (Å²) in [4.78, 5) is 2.52. The van der Waals surface area contributed by atoms with Gasteiger partial charge in [0.1, 0.15) is 0 Å². The second-order valence-electron chi connectivity index (χ2n) is 6.03. The first-order valence-electron chi connectivity index (χ1n) is 6.98. The van der Waals surface area contributed by atoms with Gasteiger partial charge in [-0.1, -0.05) is 20.8 Å². The summed E-state index contributed by atoms with van der Waals surface area (Å²) >= 11 is 0. The molecular weight excluding hydrogens is 212 g/mol. The molecule has 1 saturated heterocycles. The summed E-state index contributed by atoms with van der Waals surface area (Å²) in [7, 11) is 2.26. The van der Waals surface area contributed by atoms with Gasteiger partial charge in [0.2, 0.25) is 0 Å². The largest absolute Gasteiger partial charge is 0.381 e. The topological polar surface area (TPSA) is 24.5 Å². The first kappa shape index (κ1) is 14.9. The number of rotatable bonds is 6. The fourth-order valence-corrected chi connectivity index (χ4v) is 2.62. The molecule has 0 aliphatic carbocycles. The lowest BCUT2D eigenvalue weighted by Gasteiger charge is -2.40. The molecule has 0 amide bonds. The highest BCUT2D eigenvalue weighted by atomic mass is 16.5. The van der Waals surface area contributed by atoms with Crippen LogP contribution in [0.15, 0.2) is 0 Å². The minimum atomic E-state index is 0.309. The molecular formula is C14H30N2O. The zero-order valence-corrected chi connectivity index (χ0v) is 12.3. The van der Waals surface area contributed by atoms with Crippen molar-refractivity contribution in [2.24, 2.45) is 5.41 Å². The summed E-state index contributed by atoms with van der Waals surface area (Å²) in [5, 5.41) is 3.54. The monoisotopic (exact) mass is 242 g/mol. The molecule has 0 radical (unpaired) electrons. The van der Waals surface area contributed by atoms with E-state index < -0.39 is 0 Å². The van der Waals surface area contributed by atoms with Crippen LogP contribution in [-0.4, -0.2) is 50.3 Å². The summed E-state index contributed by atoms with van der Waals surface area (Å²) in [6.45, 7) is 13.2. The van der Waals surface area contributed by atoms with E-state index in [0.29, 0.717) is 17.5 Å². The molecule has 0 aromatic heterocycles. The Morgan fingerprint density at radius 2 is 1.94 bits per heavy atom. The van der Waals surface area contributed by atoms with Crippen molar-refractivity contribution in [3.8, 4) is 0 Å². The molecule has 0 aromatic carbocycles. The van der Waals surface area contributed by atoms with E-state index in [2.05, 4.69) is 45.0 Å². The van der Waals surface area contributed by atoms with Crippen molar-refractivity contribution in [2.75, 3.05) is 33.4 Å². The third kappa shape index (κ3) is 4.57. The molecule has 102 valence electrons. The normalized spacial score (nSPS) is 20.8. The van der Waals surface area contributed by atoms with Crippen molar-refractivity contribution >= 4 is 0 Å². The lowest BCUT2D eigenvalue weighted by atomic mass is 9.84. The van der Waals surface area contributed by atoms with E-state index in [1.54, 1.807) is 0 Å². The molecule has 0 saturated carbocycles. The van der Waals surface area contributed by atoms with E-state index in [1.807, 2.05) is 0 Å². The van der Waals surface area contributed by atoms with E-state index in [-0.39, 0.29) is 0 Å². The smallest absolute Gasteiger partial charge is 0.0480 e. The highest BCUT2D eigenvalue weighted by Crippen LogP contribution is 2.24. The first-order valence-corrected chi connectivity index (χ1v) is 6.98. The fraction of sp³-hybridized carbons (Fsp3) is 1.00. The maximum absolute atomic E-state index is 5.43. The molecule has 1 aliphatic rings. The molecule has 3 nitrogen and oxygen atoms in total. The van der Waals surface area contributed by atoms with Crippen LogP contribution in [0.5, 0.6) is 0 Å². The molecule has 1 fully saturated rings. The minimum absolute atomic E-state index is 0.309. The van der Waals surface area contributed by atoms with E-state index in [4.69, 9.17) is 4.74 Å². The van der Waals surface area contributed by atoms with Crippen LogP contribution < -0.4 is 5.32 Å². The van der Waals surface area contributed by atoms with Gasteiger partial charge >= 0.3 is 0 Å². The van der Waals surface area contributed by atoms with Crippen LogP contribution >= 0.6 is 0 Å². The van der Waals surface area contributed by atoms with Crippen LogP contribution in [0, 0.1) is 5.41 Å². The molecule has 0 spiro atoms.